The SMILES string of the molecule is Cc1ccc(N(c2ccc(C)cc2)c2ccc3c(c2)sc2c4sc5cc(N(c6ccc(C)cc6)c6ccc(C)cc6)ccc5c4c4ccccc4c32)cc1. The lowest BCUT2D eigenvalue weighted by Crippen LogP contribution is -2.09. The average Bonchev–Trinajstić information content (AvgIpc) is 3.77. The van der Waals surface area contributed by atoms with Crippen molar-refractivity contribution in [2.75, 3.05) is 9.80 Å². The van der Waals surface area contributed by atoms with Crippen LogP contribution in [-0.4, -0.2) is 0 Å². The summed E-state index contributed by atoms with van der Waals surface area (Å²) in [6.45, 7) is 8.58. The predicted octanol–water partition coefficient (Wildman–Crippen LogP) is 15.7. The molecule has 2 heterocycles. The number of benzene rings is 8. The van der Waals surface area contributed by atoms with E-state index in [2.05, 4.69) is 195 Å². The minimum Gasteiger partial charge on any atom is -0.310 e. The smallest absolute Gasteiger partial charge is 0.0540 e. The van der Waals surface area contributed by atoms with E-state index in [1.807, 2.05) is 22.7 Å². The van der Waals surface area contributed by atoms with Crippen molar-refractivity contribution in [3.8, 4) is 0 Å². The topological polar surface area (TPSA) is 6.48 Å². The maximum absolute atomic E-state index is 2.40. The van der Waals surface area contributed by atoms with Crippen molar-refractivity contribution in [2.24, 2.45) is 0 Å². The summed E-state index contributed by atoms with van der Waals surface area (Å²) >= 11 is 3.86. The molecule has 2 aromatic heterocycles. The average molecular weight is 731 g/mol. The zero-order valence-corrected chi connectivity index (χ0v) is 32.4. The van der Waals surface area contributed by atoms with Crippen molar-refractivity contribution in [2.45, 2.75) is 27.7 Å². The maximum atomic E-state index is 2.40. The first-order valence-corrected chi connectivity index (χ1v) is 20.1. The summed E-state index contributed by atoms with van der Waals surface area (Å²) in [6.07, 6.45) is 0. The third-order valence-electron chi connectivity index (χ3n) is 10.7. The number of hydrogen-bond donors (Lipinski definition) is 0. The number of hydrogen-bond acceptors (Lipinski definition) is 4. The molecule has 0 saturated carbocycles. The minimum atomic E-state index is 1.16. The number of rotatable bonds is 6. The Bertz CT molecular complexity index is 2710. The van der Waals surface area contributed by atoms with Gasteiger partial charge in [-0.15, -0.1) is 22.7 Å². The zero-order chi connectivity index (χ0) is 36.5. The van der Waals surface area contributed by atoms with Gasteiger partial charge in [0, 0.05) is 65.1 Å². The van der Waals surface area contributed by atoms with Gasteiger partial charge in [-0.1, -0.05) is 107 Å². The highest BCUT2D eigenvalue weighted by Gasteiger charge is 2.21. The van der Waals surface area contributed by atoms with Crippen molar-refractivity contribution in [3.05, 3.63) is 180 Å². The highest BCUT2D eigenvalue weighted by atomic mass is 32.1. The molecular formula is C50H38N2S2. The van der Waals surface area contributed by atoms with E-state index in [4.69, 9.17) is 0 Å². The molecule has 8 aromatic carbocycles. The van der Waals surface area contributed by atoms with E-state index >= 15 is 0 Å². The van der Waals surface area contributed by atoms with Gasteiger partial charge in [0.1, 0.15) is 0 Å². The van der Waals surface area contributed by atoms with Gasteiger partial charge in [0.25, 0.3) is 0 Å². The molecule has 0 bridgehead atoms. The molecule has 0 fully saturated rings. The first-order valence-electron chi connectivity index (χ1n) is 18.5. The Morgan fingerprint density at radius 1 is 0.315 bits per heavy atom. The van der Waals surface area contributed by atoms with Gasteiger partial charge in [0.05, 0.1) is 9.40 Å². The maximum Gasteiger partial charge on any atom is 0.0540 e. The van der Waals surface area contributed by atoms with Crippen molar-refractivity contribution in [1.29, 1.82) is 0 Å². The second-order valence-corrected chi connectivity index (χ2v) is 16.6. The van der Waals surface area contributed by atoms with Crippen molar-refractivity contribution < 1.29 is 0 Å². The second-order valence-electron chi connectivity index (χ2n) is 14.5. The molecule has 0 aliphatic rings. The van der Waals surface area contributed by atoms with E-state index in [0.717, 1.165) is 34.1 Å². The Hall–Kier alpha value is -5.94. The van der Waals surface area contributed by atoms with Crippen LogP contribution in [0.3, 0.4) is 0 Å². The van der Waals surface area contributed by atoms with Gasteiger partial charge in [-0.3, -0.25) is 0 Å². The van der Waals surface area contributed by atoms with E-state index in [9.17, 15) is 0 Å². The number of fused-ring (bicyclic) bond motifs is 10. The number of anilines is 6. The molecule has 0 spiro atoms. The molecule has 4 heteroatoms. The lowest BCUT2D eigenvalue weighted by molar-refractivity contribution is 1.27. The Morgan fingerprint density at radius 2 is 0.611 bits per heavy atom. The van der Waals surface area contributed by atoms with Crippen molar-refractivity contribution in [1.82, 2.24) is 0 Å². The second kappa shape index (κ2) is 12.9. The molecule has 0 unspecified atom stereocenters. The summed E-state index contributed by atoms with van der Waals surface area (Å²) in [5.74, 6) is 0. The molecule has 10 rings (SSSR count). The first-order chi connectivity index (χ1) is 26.4. The summed E-state index contributed by atoms with van der Waals surface area (Å²) in [5.41, 5.74) is 12.0. The molecular weight excluding hydrogens is 693 g/mol. The molecule has 0 N–H and O–H groups in total. The molecule has 54 heavy (non-hydrogen) atoms. The number of thiophene rings is 2. The van der Waals surface area contributed by atoms with E-state index in [1.165, 1.54) is 73.4 Å². The molecule has 0 amide bonds. The molecule has 0 saturated heterocycles. The first kappa shape index (κ1) is 32.7. The van der Waals surface area contributed by atoms with Crippen LogP contribution in [0.25, 0.3) is 51.1 Å². The lowest BCUT2D eigenvalue weighted by Gasteiger charge is -2.26. The van der Waals surface area contributed by atoms with Crippen LogP contribution in [0, 0.1) is 27.7 Å². The molecule has 0 aliphatic carbocycles. The number of aryl methyl sites for hydroxylation is 4. The van der Waals surface area contributed by atoms with Gasteiger partial charge >= 0.3 is 0 Å². The standard InChI is InChI=1S/C50H38N2S2/c1-31-9-17-35(18-10-31)51(36-19-11-32(2)12-20-36)39-25-27-43-45(29-39)53-49-47(43)41-7-5-6-8-42(41)48-44-28-26-40(30-46(44)54-50(48)49)52(37-21-13-33(3)14-22-37)38-23-15-34(4)16-24-38/h5-30H,1-4H3. The van der Waals surface area contributed by atoms with Crippen LogP contribution in [0.4, 0.5) is 34.1 Å². The van der Waals surface area contributed by atoms with E-state index < -0.39 is 0 Å². The highest BCUT2D eigenvalue weighted by molar-refractivity contribution is 7.33. The third kappa shape index (κ3) is 5.44. The number of nitrogens with zero attached hydrogens (tertiary/aromatic N) is 2. The predicted molar refractivity (Wildman–Crippen MR) is 238 cm³/mol. The van der Waals surface area contributed by atoms with E-state index in [-0.39, 0.29) is 0 Å². The highest BCUT2D eigenvalue weighted by Crippen LogP contribution is 2.51. The molecule has 0 radical (unpaired) electrons. The van der Waals surface area contributed by atoms with Crippen LogP contribution in [0.1, 0.15) is 22.3 Å². The summed E-state index contributed by atoms with van der Waals surface area (Å²) in [7, 11) is 0. The monoisotopic (exact) mass is 730 g/mol. The van der Waals surface area contributed by atoms with E-state index in [0.29, 0.717) is 0 Å². The third-order valence-corrected chi connectivity index (χ3v) is 13.2. The van der Waals surface area contributed by atoms with Gasteiger partial charge < -0.3 is 9.80 Å². The van der Waals surface area contributed by atoms with Gasteiger partial charge in [-0.25, -0.2) is 0 Å². The molecule has 2 nitrogen and oxygen atoms in total. The fourth-order valence-electron chi connectivity index (χ4n) is 7.89. The fourth-order valence-corrected chi connectivity index (χ4v) is 10.5. The van der Waals surface area contributed by atoms with Gasteiger partial charge in [-0.2, -0.15) is 0 Å². The summed E-state index contributed by atoms with van der Waals surface area (Å²) < 4.78 is 5.33. The largest absolute Gasteiger partial charge is 0.310 e. The molecule has 260 valence electrons. The van der Waals surface area contributed by atoms with Gasteiger partial charge in [0.15, 0.2) is 0 Å². The lowest BCUT2D eigenvalue weighted by atomic mass is 9.98. The van der Waals surface area contributed by atoms with Crippen LogP contribution in [0.2, 0.25) is 0 Å². The van der Waals surface area contributed by atoms with Gasteiger partial charge in [-0.05, 0) is 111 Å². The van der Waals surface area contributed by atoms with Crippen LogP contribution < -0.4 is 9.80 Å². The summed E-state index contributed by atoms with van der Waals surface area (Å²) in [5, 5.41) is 7.97. The van der Waals surface area contributed by atoms with E-state index in [1.54, 1.807) is 0 Å². The van der Waals surface area contributed by atoms with Crippen LogP contribution in [0.5, 0.6) is 0 Å². The van der Waals surface area contributed by atoms with Crippen LogP contribution in [0.15, 0.2) is 158 Å². The molecule has 0 aliphatic heterocycles. The molecule has 0 atom stereocenters. The summed E-state index contributed by atoms with van der Waals surface area (Å²) in [4.78, 5) is 4.76. The fraction of sp³-hybridized carbons (Fsp3) is 0.0800. The summed E-state index contributed by atoms with van der Waals surface area (Å²) in [6, 6.07) is 58.5. The molecule has 10 aromatic rings. The van der Waals surface area contributed by atoms with Crippen LogP contribution >= 0.6 is 22.7 Å². The van der Waals surface area contributed by atoms with Crippen molar-refractivity contribution in [3.63, 3.8) is 0 Å². The quantitative estimate of drug-likeness (QED) is 0.168. The van der Waals surface area contributed by atoms with Crippen molar-refractivity contribution >= 4 is 108 Å². The Balaban J connectivity index is 1.18. The minimum absolute atomic E-state index is 1.16. The Labute approximate surface area is 323 Å². The zero-order valence-electron chi connectivity index (χ0n) is 30.7. The Morgan fingerprint density at radius 3 is 0.926 bits per heavy atom. The van der Waals surface area contributed by atoms with Crippen LogP contribution in [-0.2, 0) is 0 Å². The normalized spacial score (nSPS) is 11.7. The van der Waals surface area contributed by atoms with Gasteiger partial charge in [0.2, 0.25) is 0 Å². The Kier molecular flexibility index (Phi) is 7.79.